The van der Waals surface area contributed by atoms with Gasteiger partial charge in [0.25, 0.3) is 5.91 Å². The minimum absolute atomic E-state index is 0.0965. The molecule has 0 aliphatic heterocycles. The van der Waals surface area contributed by atoms with E-state index < -0.39 is 6.10 Å². The number of carbonyl (C=O) groups is 1. The Morgan fingerprint density at radius 3 is 2.36 bits per heavy atom. The highest BCUT2D eigenvalue weighted by Gasteiger charge is 2.18. The molecule has 2 rings (SSSR count). The third-order valence-electron chi connectivity index (χ3n) is 3.99. The lowest BCUT2D eigenvalue weighted by molar-refractivity contribution is -0.128. The second kappa shape index (κ2) is 9.21. The number of halogens is 1. The monoisotopic (exact) mass is 343 g/mol. The number of nitrogens with one attached hydrogen (secondary N) is 1. The van der Waals surface area contributed by atoms with E-state index >= 15 is 0 Å². The largest absolute Gasteiger partial charge is 0.481 e. The van der Waals surface area contributed by atoms with E-state index in [1.165, 1.54) is 12.1 Å². The van der Waals surface area contributed by atoms with Gasteiger partial charge in [0.1, 0.15) is 11.6 Å². The van der Waals surface area contributed by atoms with Gasteiger partial charge in [0, 0.05) is 6.54 Å². The maximum absolute atomic E-state index is 12.9. The van der Waals surface area contributed by atoms with Gasteiger partial charge in [0.15, 0.2) is 6.10 Å². The molecule has 0 unspecified atom stereocenters. The van der Waals surface area contributed by atoms with Crippen molar-refractivity contribution < 1.29 is 13.9 Å². The van der Waals surface area contributed by atoms with Gasteiger partial charge in [-0.3, -0.25) is 4.79 Å². The van der Waals surface area contributed by atoms with Gasteiger partial charge < -0.3 is 10.1 Å². The van der Waals surface area contributed by atoms with E-state index in [1.807, 2.05) is 32.9 Å². The van der Waals surface area contributed by atoms with Crippen LogP contribution >= 0.6 is 0 Å². The molecule has 2 aromatic rings. The fourth-order valence-electron chi connectivity index (χ4n) is 2.76. The SMILES string of the molecule is CC[C@H](Oc1cc(C)cc(C)c1)C(=O)NCCCc1ccc(F)cc1. The highest BCUT2D eigenvalue weighted by atomic mass is 19.1. The normalized spacial score (nSPS) is 11.8. The van der Waals surface area contributed by atoms with Crippen LogP contribution in [0.15, 0.2) is 42.5 Å². The molecular formula is C21H26FNO2. The Morgan fingerprint density at radius 2 is 1.76 bits per heavy atom. The third-order valence-corrected chi connectivity index (χ3v) is 3.99. The van der Waals surface area contributed by atoms with Crippen LogP contribution in [-0.2, 0) is 11.2 Å². The van der Waals surface area contributed by atoms with Gasteiger partial charge in [-0.1, -0.05) is 25.1 Å². The molecule has 0 aliphatic carbocycles. The lowest BCUT2D eigenvalue weighted by Crippen LogP contribution is -2.38. The Kier molecular flexibility index (Phi) is 6.99. The minimum Gasteiger partial charge on any atom is -0.481 e. The molecule has 1 amide bonds. The summed E-state index contributed by atoms with van der Waals surface area (Å²) >= 11 is 0. The van der Waals surface area contributed by atoms with Crippen LogP contribution < -0.4 is 10.1 Å². The Labute approximate surface area is 149 Å². The molecule has 0 aliphatic rings. The number of rotatable bonds is 8. The van der Waals surface area contributed by atoms with Crippen molar-refractivity contribution in [2.45, 2.75) is 46.1 Å². The maximum atomic E-state index is 12.9. The van der Waals surface area contributed by atoms with Crippen molar-refractivity contribution in [2.24, 2.45) is 0 Å². The number of ether oxygens (including phenoxy) is 1. The van der Waals surface area contributed by atoms with E-state index in [0.717, 1.165) is 35.3 Å². The van der Waals surface area contributed by atoms with E-state index in [0.29, 0.717) is 13.0 Å². The number of aryl methyl sites for hydroxylation is 3. The van der Waals surface area contributed by atoms with Crippen LogP contribution in [0.4, 0.5) is 4.39 Å². The second-order valence-corrected chi connectivity index (χ2v) is 6.36. The molecule has 0 saturated carbocycles. The molecule has 0 radical (unpaired) electrons. The van der Waals surface area contributed by atoms with Crippen LogP contribution in [0.25, 0.3) is 0 Å². The Morgan fingerprint density at radius 1 is 1.12 bits per heavy atom. The molecule has 2 aromatic carbocycles. The van der Waals surface area contributed by atoms with Crippen molar-refractivity contribution in [3.63, 3.8) is 0 Å². The van der Waals surface area contributed by atoms with Crippen LogP contribution in [0, 0.1) is 19.7 Å². The van der Waals surface area contributed by atoms with Crippen LogP contribution in [0.3, 0.4) is 0 Å². The number of hydrogen-bond acceptors (Lipinski definition) is 2. The first kappa shape index (κ1) is 19.0. The summed E-state index contributed by atoms with van der Waals surface area (Å²) in [6, 6.07) is 12.4. The van der Waals surface area contributed by atoms with E-state index in [-0.39, 0.29) is 11.7 Å². The van der Waals surface area contributed by atoms with Crippen molar-refractivity contribution in [1.29, 1.82) is 0 Å². The molecule has 0 aromatic heterocycles. The molecule has 0 saturated heterocycles. The standard InChI is InChI=1S/C21H26FNO2/c1-4-20(25-19-13-15(2)12-16(3)14-19)21(24)23-11-5-6-17-7-9-18(22)10-8-17/h7-10,12-14,20H,4-6,11H2,1-3H3,(H,23,24)/t20-/m0/s1. The summed E-state index contributed by atoms with van der Waals surface area (Å²) in [5.74, 6) is 0.401. The Balaban J connectivity index is 1.80. The summed E-state index contributed by atoms with van der Waals surface area (Å²) in [5, 5.41) is 2.93. The van der Waals surface area contributed by atoms with Crippen molar-refractivity contribution in [3.05, 3.63) is 65.0 Å². The zero-order valence-electron chi connectivity index (χ0n) is 15.1. The molecule has 4 heteroatoms. The second-order valence-electron chi connectivity index (χ2n) is 6.36. The third kappa shape index (κ3) is 6.22. The average Bonchev–Trinajstić information content (AvgIpc) is 2.57. The Hall–Kier alpha value is -2.36. The lowest BCUT2D eigenvalue weighted by Gasteiger charge is -2.18. The van der Waals surface area contributed by atoms with Gasteiger partial charge in [-0.2, -0.15) is 0 Å². The molecule has 0 bridgehead atoms. The van der Waals surface area contributed by atoms with Gasteiger partial charge in [-0.15, -0.1) is 0 Å². The van der Waals surface area contributed by atoms with Crippen LogP contribution in [-0.4, -0.2) is 18.6 Å². The first-order valence-electron chi connectivity index (χ1n) is 8.75. The summed E-state index contributed by atoms with van der Waals surface area (Å²) in [5.41, 5.74) is 3.29. The summed E-state index contributed by atoms with van der Waals surface area (Å²) in [7, 11) is 0. The van der Waals surface area contributed by atoms with E-state index in [4.69, 9.17) is 4.74 Å². The molecule has 3 nitrogen and oxygen atoms in total. The zero-order chi connectivity index (χ0) is 18.2. The van der Waals surface area contributed by atoms with Gasteiger partial charge in [-0.05, 0) is 74.1 Å². The predicted molar refractivity (Wildman–Crippen MR) is 98.4 cm³/mol. The van der Waals surface area contributed by atoms with Gasteiger partial charge in [0.05, 0.1) is 0 Å². The van der Waals surface area contributed by atoms with Crippen molar-refractivity contribution in [2.75, 3.05) is 6.54 Å². The topological polar surface area (TPSA) is 38.3 Å². The van der Waals surface area contributed by atoms with Crippen LogP contribution in [0.5, 0.6) is 5.75 Å². The van der Waals surface area contributed by atoms with E-state index in [2.05, 4.69) is 11.4 Å². The number of carbonyl (C=O) groups excluding carboxylic acids is 1. The number of amides is 1. The highest BCUT2D eigenvalue weighted by molar-refractivity contribution is 5.81. The van der Waals surface area contributed by atoms with Crippen molar-refractivity contribution >= 4 is 5.91 Å². The fourth-order valence-corrected chi connectivity index (χ4v) is 2.76. The van der Waals surface area contributed by atoms with E-state index in [1.54, 1.807) is 12.1 Å². The van der Waals surface area contributed by atoms with Gasteiger partial charge >= 0.3 is 0 Å². The summed E-state index contributed by atoms with van der Waals surface area (Å²) in [6.45, 7) is 6.53. The predicted octanol–water partition coefficient (Wildman–Crippen LogP) is 4.35. The Bertz CT molecular complexity index is 677. The number of benzene rings is 2. The molecule has 25 heavy (non-hydrogen) atoms. The lowest BCUT2D eigenvalue weighted by atomic mass is 10.1. The molecule has 0 spiro atoms. The quantitative estimate of drug-likeness (QED) is 0.724. The molecule has 134 valence electrons. The van der Waals surface area contributed by atoms with Crippen molar-refractivity contribution in [1.82, 2.24) is 5.32 Å². The zero-order valence-corrected chi connectivity index (χ0v) is 15.1. The molecule has 0 fully saturated rings. The summed E-state index contributed by atoms with van der Waals surface area (Å²) in [6.07, 6.45) is 1.72. The average molecular weight is 343 g/mol. The number of hydrogen-bond donors (Lipinski definition) is 1. The molecule has 1 atom stereocenters. The summed E-state index contributed by atoms with van der Waals surface area (Å²) < 4.78 is 18.7. The van der Waals surface area contributed by atoms with Crippen LogP contribution in [0.2, 0.25) is 0 Å². The van der Waals surface area contributed by atoms with Crippen LogP contribution in [0.1, 0.15) is 36.5 Å². The van der Waals surface area contributed by atoms with Crippen molar-refractivity contribution in [3.8, 4) is 5.75 Å². The smallest absolute Gasteiger partial charge is 0.261 e. The first-order valence-corrected chi connectivity index (χ1v) is 8.75. The summed E-state index contributed by atoms with van der Waals surface area (Å²) in [4.78, 5) is 12.3. The van der Waals surface area contributed by atoms with Gasteiger partial charge in [-0.25, -0.2) is 4.39 Å². The van der Waals surface area contributed by atoms with E-state index in [9.17, 15) is 9.18 Å². The minimum atomic E-state index is -0.493. The highest BCUT2D eigenvalue weighted by Crippen LogP contribution is 2.18. The molecule has 0 heterocycles. The fraction of sp³-hybridized carbons (Fsp3) is 0.381. The molecular weight excluding hydrogens is 317 g/mol. The maximum Gasteiger partial charge on any atom is 0.261 e. The van der Waals surface area contributed by atoms with Gasteiger partial charge in [0.2, 0.25) is 0 Å². The molecule has 1 N–H and O–H groups in total. The first-order chi connectivity index (χ1) is 12.0.